The molecular weight excluding hydrogens is 508 g/mol. The first-order chi connectivity index (χ1) is 13.2. The molecular formula is C9H2F16O6. The first-order valence-electron chi connectivity index (χ1n) is 6.19. The number of aliphatic carboxylic acids is 1. The molecule has 0 rings (SSSR count). The van der Waals surface area contributed by atoms with Crippen molar-refractivity contribution in [3.05, 3.63) is 0 Å². The van der Waals surface area contributed by atoms with Crippen LogP contribution in [0.1, 0.15) is 0 Å². The van der Waals surface area contributed by atoms with E-state index >= 15 is 0 Å². The molecule has 0 amide bonds. The van der Waals surface area contributed by atoms with Gasteiger partial charge >= 0.3 is 49.2 Å². The van der Waals surface area contributed by atoms with Crippen LogP contribution >= 0.6 is 0 Å². The Morgan fingerprint density at radius 3 is 1.26 bits per heavy atom. The Labute approximate surface area is 156 Å². The van der Waals surface area contributed by atoms with Crippen LogP contribution in [0.25, 0.3) is 0 Å². The van der Waals surface area contributed by atoms with Crippen LogP contribution in [0.3, 0.4) is 0 Å². The van der Waals surface area contributed by atoms with Gasteiger partial charge in [0.15, 0.2) is 0 Å². The number of hydrogen-bond acceptors (Lipinski definition) is 5. The molecule has 1 N–H and O–H groups in total. The summed E-state index contributed by atoms with van der Waals surface area (Å²) in [5.74, 6) is -9.91. The number of carboxylic acid groups (broad SMARTS) is 1. The average molecular weight is 510 g/mol. The zero-order valence-corrected chi connectivity index (χ0v) is 13.1. The molecule has 0 bridgehead atoms. The highest BCUT2D eigenvalue weighted by molar-refractivity contribution is 5.76. The maximum atomic E-state index is 12.9. The Hall–Kier alpha value is -1.81. The van der Waals surface area contributed by atoms with Gasteiger partial charge in [0.25, 0.3) is 6.17 Å². The van der Waals surface area contributed by atoms with Gasteiger partial charge in [0, 0.05) is 0 Å². The second-order valence-electron chi connectivity index (χ2n) is 4.67. The lowest BCUT2D eigenvalue weighted by atomic mass is 10.2. The summed E-state index contributed by atoms with van der Waals surface area (Å²) in [6, 6.07) is 0. The van der Waals surface area contributed by atoms with E-state index in [1.54, 1.807) is 14.2 Å². The molecule has 0 fully saturated rings. The third-order valence-corrected chi connectivity index (χ3v) is 2.21. The van der Waals surface area contributed by atoms with Crippen LogP contribution in [-0.4, -0.2) is 60.4 Å². The lowest BCUT2D eigenvalue weighted by Crippen LogP contribution is -2.54. The lowest BCUT2D eigenvalue weighted by molar-refractivity contribution is -0.613. The summed E-state index contributed by atoms with van der Waals surface area (Å²) in [7, 11) is 0. The monoisotopic (exact) mass is 510 g/mol. The molecule has 22 heteroatoms. The first-order valence-corrected chi connectivity index (χ1v) is 6.19. The number of rotatable bonds is 11. The second kappa shape index (κ2) is 8.27. The average Bonchev–Trinajstić information content (AvgIpc) is 2.39. The molecule has 0 aromatic rings. The van der Waals surface area contributed by atoms with E-state index in [-0.39, 0.29) is 0 Å². The maximum Gasteiger partial charge on any atom is 0.498 e. The smallest absolute Gasteiger partial charge is 0.477 e. The second-order valence-corrected chi connectivity index (χ2v) is 4.67. The third-order valence-electron chi connectivity index (χ3n) is 2.21. The Morgan fingerprint density at radius 1 is 0.613 bits per heavy atom. The Morgan fingerprint density at radius 2 is 0.935 bits per heavy atom. The number of carbonyl (C=O) groups is 1. The highest BCUT2D eigenvalue weighted by Gasteiger charge is 2.68. The molecule has 1 atom stereocenters. The fourth-order valence-corrected chi connectivity index (χ4v) is 1.08. The van der Waals surface area contributed by atoms with Crippen LogP contribution in [0.4, 0.5) is 70.2 Å². The summed E-state index contributed by atoms with van der Waals surface area (Å²) >= 11 is 0. The van der Waals surface area contributed by atoms with Gasteiger partial charge in [0.1, 0.15) is 0 Å². The van der Waals surface area contributed by atoms with Crippen LogP contribution in [0, 0.1) is 0 Å². The van der Waals surface area contributed by atoms with Crippen molar-refractivity contribution in [1.29, 1.82) is 0 Å². The number of ether oxygens (including phenoxy) is 4. The highest BCUT2D eigenvalue weighted by Crippen LogP contribution is 2.44. The van der Waals surface area contributed by atoms with Gasteiger partial charge in [-0.15, -0.1) is 26.3 Å². The van der Waals surface area contributed by atoms with E-state index in [1.807, 2.05) is 0 Å². The van der Waals surface area contributed by atoms with E-state index in [9.17, 15) is 75.0 Å². The van der Waals surface area contributed by atoms with Crippen molar-refractivity contribution >= 4 is 5.97 Å². The molecule has 0 radical (unpaired) electrons. The summed E-state index contributed by atoms with van der Waals surface area (Å²) < 4.78 is 206. The fourth-order valence-electron chi connectivity index (χ4n) is 1.08. The third kappa shape index (κ3) is 7.99. The predicted octanol–water partition coefficient (Wildman–Crippen LogP) is 4.51. The first kappa shape index (κ1) is 29.2. The van der Waals surface area contributed by atoms with Crippen LogP contribution in [-0.2, 0) is 23.7 Å². The largest absolute Gasteiger partial charge is 0.498 e. The van der Waals surface area contributed by atoms with E-state index < -0.39 is 55.3 Å². The molecule has 0 aliphatic heterocycles. The molecule has 1 unspecified atom stereocenters. The van der Waals surface area contributed by atoms with E-state index in [0.29, 0.717) is 0 Å². The van der Waals surface area contributed by atoms with E-state index in [4.69, 9.17) is 5.11 Å². The number of hydrogen-bond donors (Lipinski definition) is 1. The van der Waals surface area contributed by atoms with Crippen molar-refractivity contribution < 1.29 is 99.1 Å². The molecule has 0 spiro atoms. The fraction of sp³-hybridized carbons (Fsp3) is 0.889. The molecule has 0 aliphatic rings. The molecule has 31 heavy (non-hydrogen) atoms. The van der Waals surface area contributed by atoms with Crippen molar-refractivity contribution in [2.75, 3.05) is 0 Å². The van der Waals surface area contributed by atoms with Gasteiger partial charge < -0.3 is 5.11 Å². The SMILES string of the molecule is O=C(O)C(F)(F)C(F)C(F)(F)OC(F)(F)OC(F)(F)OC(F)(F)OC(F)(F)C(F)(F)F. The lowest BCUT2D eigenvalue weighted by Gasteiger charge is -2.30. The number of halogens is 16. The van der Waals surface area contributed by atoms with E-state index in [0.717, 1.165) is 0 Å². The molecule has 0 saturated carbocycles. The van der Waals surface area contributed by atoms with Crippen LogP contribution in [0.15, 0.2) is 0 Å². The zero-order chi connectivity index (χ0) is 25.5. The van der Waals surface area contributed by atoms with Crippen LogP contribution in [0.5, 0.6) is 0 Å². The minimum Gasteiger partial charge on any atom is -0.477 e. The van der Waals surface area contributed by atoms with E-state index in [2.05, 4.69) is 0 Å². The zero-order valence-electron chi connectivity index (χ0n) is 13.1. The summed E-state index contributed by atoms with van der Waals surface area (Å²) in [5, 5.41) is 7.76. The molecule has 0 aromatic heterocycles. The Balaban J connectivity index is 5.46. The van der Waals surface area contributed by atoms with Crippen LogP contribution < -0.4 is 0 Å². The quantitative estimate of drug-likeness (QED) is 0.326. The van der Waals surface area contributed by atoms with Gasteiger partial charge in [-0.25, -0.2) is 28.1 Å². The summed E-state index contributed by atoms with van der Waals surface area (Å²) in [6.07, 6.45) is -46.8. The summed E-state index contributed by atoms with van der Waals surface area (Å²) in [6.45, 7) is 0. The molecule has 0 saturated heterocycles. The molecule has 0 aromatic carbocycles. The Bertz CT molecular complexity index is 644. The predicted molar refractivity (Wildman–Crippen MR) is 52.6 cm³/mol. The van der Waals surface area contributed by atoms with Gasteiger partial charge in [0.2, 0.25) is 0 Å². The summed E-state index contributed by atoms with van der Waals surface area (Å²) in [4.78, 5) is 9.87. The van der Waals surface area contributed by atoms with Crippen molar-refractivity contribution in [2.24, 2.45) is 0 Å². The van der Waals surface area contributed by atoms with Crippen molar-refractivity contribution in [1.82, 2.24) is 0 Å². The molecule has 0 aliphatic carbocycles. The molecule has 6 nitrogen and oxygen atoms in total. The normalized spacial score (nSPS) is 16.4. The molecule has 0 heterocycles. The van der Waals surface area contributed by atoms with Crippen LogP contribution in [0.2, 0.25) is 0 Å². The van der Waals surface area contributed by atoms with Gasteiger partial charge in [-0.3, -0.25) is 0 Å². The molecule has 186 valence electrons. The van der Waals surface area contributed by atoms with Gasteiger partial charge in [-0.05, 0) is 0 Å². The maximum absolute atomic E-state index is 12.9. The van der Waals surface area contributed by atoms with Crippen molar-refractivity contribution in [3.8, 4) is 0 Å². The minimum absolute atomic E-state index is 1.52. The Kier molecular flexibility index (Phi) is 7.79. The van der Waals surface area contributed by atoms with Gasteiger partial charge in [-0.2, -0.15) is 39.5 Å². The van der Waals surface area contributed by atoms with E-state index in [1.165, 1.54) is 4.74 Å². The van der Waals surface area contributed by atoms with Gasteiger partial charge in [0.05, 0.1) is 0 Å². The van der Waals surface area contributed by atoms with Gasteiger partial charge in [-0.1, -0.05) is 0 Å². The summed E-state index contributed by atoms with van der Waals surface area (Å²) in [5.41, 5.74) is 0. The minimum atomic E-state index is -7.00. The topological polar surface area (TPSA) is 74.2 Å². The standard InChI is InChI=1S/C9H2F16O6/c10-1(3(11,12)2(26)27)4(13,14)28-7(20,21)30-9(24,25)31-8(22,23)29-6(18,19)5(15,16)17/h1H,(H,26,27). The number of alkyl halides is 16. The number of carboxylic acids is 1. The van der Waals surface area contributed by atoms with Crippen molar-refractivity contribution in [3.63, 3.8) is 0 Å². The highest BCUT2D eigenvalue weighted by atomic mass is 19.4. The van der Waals surface area contributed by atoms with Crippen molar-refractivity contribution in [2.45, 2.75) is 49.4 Å².